The standard InChI is InChI=1S/C15H28O2/c1-12-5-4-7-15(17,8-6-12)14(11-16)9-13(2,3)10-14/h12,16-17H,4-11H2,1-3H3. The first-order valence-corrected chi connectivity index (χ1v) is 7.16. The molecule has 0 aromatic carbocycles. The summed E-state index contributed by atoms with van der Waals surface area (Å²) in [7, 11) is 0. The predicted octanol–water partition coefficient (Wildman–Crippen LogP) is 3.12. The largest absolute Gasteiger partial charge is 0.396 e. The molecule has 2 fully saturated rings. The predicted molar refractivity (Wildman–Crippen MR) is 69.7 cm³/mol. The SMILES string of the molecule is CC1CCCC(O)(C2(CO)CC(C)(C)C2)CC1. The van der Waals surface area contributed by atoms with Crippen LogP contribution in [-0.4, -0.2) is 22.4 Å². The highest BCUT2D eigenvalue weighted by Gasteiger charge is 2.59. The minimum absolute atomic E-state index is 0.154. The third kappa shape index (κ3) is 2.26. The van der Waals surface area contributed by atoms with E-state index in [2.05, 4.69) is 20.8 Å². The van der Waals surface area contributed by atoms with Crippen LogP contribution < -0.4 is 0 Å². The van der Waals surface area contributed by atoms with Gasteiger partial charge in [-0.15, -0.1) is 0 Å². The van der Waals surface area contributed by atoms with Crippen molar-refractivity contribution < 1.29 is 10.2 Å². The summed E-state index contributed by atoms with van der Waals surface area (Å²) in [5, 5.41) is 20.8. The summed E-state index contributed by atoms with van der Waals surface area (Å²) in [6.45, 7) is 6.91. The first-order chi connectivity index (χ1) is 7.83. The van der Waals surface area contributed by atoms with Gasteiger partial charge in [0, 0.05) is 5.41 Å². The third-order valence-corrected chi connectivity index (χ3v) is 5.26. The van der Waals surface area contributed by atoms with Gasteiger partial charge in [0.15, 0.2) is 0 Å². The molecule has 17 heavy (non-hydrogen) atoms. The molecule has 2 N–H and O–H groups in total. The van der Waals surface area contributed by atoms with Gasteiger partial charge in [0.05, 0.1) is 12.2 Å². The van der Waals surface area contributed by atoms with Crippen LogP contribution in [0, 0.1) is 16.7 Å². The molecule has 2 aliphatic rings. The van der Waals surface area contributed by atoms with Crippen molar-refractivity contribution in [3.05, 3.63) is 0 Å². The van der Waals surface area contributed by atoms with Gasteiger partial charge in [0.2, 0.25) is 0 Å². The Morgan fingerprint density at radius 1 is 1.12 bits per heavy atom. The fourth-order valence-electron chi connectivity index (χ4n) is 4.40. The summed E-state index contributed by atoms with van der Waals surface area (Å²) in [6, 6.07) is 0. The maximum Gasteiger partial charge on any atom is 0.0726 e. The molecule has 0 aromatic rings. The normalized spacial score (nSPS) is 40.4. The molecule has 2 atom stereocenters. The lowest BCUT2D eigenvalue weighted by Crippen LogP contribution is -2.60. The Morgan fingerprint density at radius 2 is 1.76 bits per heavy atom. The lowest BCUT2D eigenvalue weighted by Gasteiger charge is -2.60. The number of hydrogen-bond acceptors (Lipinski definition) is 2. The van der Waals surface area contributed by atoms with Gasteiger partial charge < -0.3 is 10.2 Å². The van der Waals surface area contributed by atoms with Gasteiger partial charge in [-0.3, -0.25) is 0 Å². The van der Waals surface area contributed by atoms with Gasteiger partial charge in [-0.2, -0.15) is 0 Å². The maximum absolute atomic E-state index is 11.0. The molecule has 2 heteroatoms. The second kappa shape index (κ2) is 4.24. The van der Waals surface area contributed by atoms with E-state index in [-0.39, 0.29) is 12.0 Å². The second-order valence-corrected chi connectivity index (χ2v) is 7.52. The Morgan fingerprint density at radius 3 is 2.29 bits per heavy atom. The zero-order valence-electron chi connectivity index (χ0n) is 11.6. The first kappa shape index (κ1) is 13.4. The van der Waals surface area contributed by atoms with Crippen molar-refractivity contribution in [2.75, 3.05) is 6.61 Å². The monoisotopic (exact) mass is 240 g/mol. The van der Waals surface area contributed by atoms with Gasteiger partial charge >= 0.3 is 0 Å². The molecular weight excluding hydrogens is 212 g/mol. The Balaban J connectivity index is 2.13. The van der Waals surface area contributed by atoms with Crippen LogP contribution in [0.3, 0.4) is 0 Å². The van der Waals surface area contributed by atoms with E-state index in [1.54, 1.807) is 0 Å². The lowest BCUT2D eigenvalue weighted by molar-refractivity contribution is -0.201. The summed E-state index contributed by atoms with van der Waals surface area (Å²) in [5.74, 6) is 0.729. The molecule has 2 rings (SSSR count). The van der Waals surface area contributed by atoms with E-state index < -0.39 is 5.60 Å². The molecule has 2 aliphatic carbocycles. The quantitative estimate of drug-likeness (QED) is 0.728. The van der Waals surface area contributed by atoms with Crippen molar-refractivity contribution >= 4 is 0 Å². The highest BCUT2D eigenvalue weighted by Crippen LogP contribution is 2.61. The van der Waals surface area contributed by atoms with Crippen LogP contribution in [0.15, 0.2) is 0 Å². The van der Waals surface area contributed by atoms with E-state index in [9.17, 15) is 10.2 Å². The average Bonchev–Trinajstić information content (AvgIpc) is 2.38. The van der Waals surface area contributed by atoms with Crippen LogP contribution in [0.2, 0.25) is 0 Å². The highest BCUT2D eigenvalue weighted by molar-refractivity contribution is 5.10. The fraction of sp³-hybridized carbons (Fsp3) is 1.00. The van der Waals surface area contributed by atoms with E-state index in [0.29, 0.717) is 5.41 Å². The Labute approximate surface area is 105 Å². The summed E-state index contributed by atoms with van der Waals surface area (Å²) in [4.78, 5) is 0. The molecule has 0 saturated heterocycles. The molecule has 0 bridgehead atoms. The van der Waals surface area contributed by atoms with Crippen molar-refractivity contribution in [2.45, 2.75) is 71.3 Å². The molecule has 2 nitrogen and oxygen atoms in total. The van der Waals surface area contributed by atoms with Crippen LogP contribution in [-0.2, 0) is 0 Å². The Hall–Kier alpha value is -0.0800. The zero-order chi connectivity index (χ0) is 12.7. The lowest BCUT2D eigenvalue weighted by atomic mass is 9.47. The van der Waals surface area contributed by atoms with Crippen molar-refractivity contribution in [2.24, 2.45) is 16.7 Å². The number of rotatable bonds is 2. The van der Waals surface area contributed by atoms with Crippen molar-refractivity contribution in [1.82, 2.24) is 0 Å². The summed E-state index contributed by atoms with van der Waals surface area (Å²) in [6.07, 6.45) is 7.16. The molecular formula is C15H28O2. The minimum Gasteiger partial charge on any atom is -0.396 e. The van der Waals surface area contributed by atoms with Crippen LogP contribution in [0.25, 0.3) is 0 Å². The van der Waals surface area contributed by atoms with E-state index >= 15 is 0 Å². The van der Waals surface area contributed by atoms with Crippen molar-refractivity contribution in [1.29, 1.82) is 0 Å². The molecule has 2 saturated carbocycles. The minimum atomic E-state index is -0.609. The molecule has 0 heterocycles. The topological polar surface area (TPSA) is 40.5 Å². The van der Waals surface area contributed by atoms with Gasteiger partial charge in [-0.25, -0.2) is 0 Å². The number of aliphatic hydroxyl groups is 2. The molecule has 0 amide bonds. The molecule has 0 aliphatic heterocycles. The number of aliphatic hydroxyl groups excluding tert-OH is 1. The molecule has 0 aromatic heterocycles. The second-order valence-electron chi connectivity index (χ2n) is 7.52. The van der Waals surface area contributed by atoms with Gasteiger partial charge in [-0.1, -0.05) is 33.6 Å². The van der Waals surface area contributed by atoms with Crippen LogP contribution in [0.4, 0.5) is 0 Å². The van der Waals surface area contributed by atoms with Crippen LogP contribution in [0.1, 0.15) is 65.7 Å². The summed E-state index contributed by atoms with van der Waals surface area (Å²) < 4.78 is 0. The van der Waals surface area contributed by atoms with E-state index in [1.807, 2.05) is 0 Å². The van der Waals surface area contributed by atoms with E-state index in [4.69, 9.17) is 0 Å². The van der Waals surface area contributed by atoms with E-state index in [1.165, 1.54) is 6.42 Å². The molecule has 0 spiro atoms. The van der Waals surface area contributed by atoms with Crippen molar-refractivity contribution in [3.8, 4) is 0 Å². The van der Waals surface area contributed by atoms with Crippen molar-refractivity contribution in [3.63, 3.8) is 0 Å². The molecule has 0 radical (unpaired) electrons. The van der Waals surface area contributed by atoms with Crippen LogP contribution >= 0.6 is 0 Å². The summed E-state index contributed by atoms with van der Waals surface area (Å²) >= 11 is 0. The maximum atomic E-state index is 11.0. The Bertz CT molecular complexity index is 277. The first-order valence-electron chi connectivity index (χ1n) is 7.16. The van der Waals surface area contributed by atoms with Gasteiger partial charge in [0.1, 0.15) is 0 Å². The smallest absolute Gasteiger partial charge is 0.0726 e. The molecule has 100 valence electrons. The van der Waals surface area contributed by atoms with Gasteiger partial charge in [-0.05, 0) is 43.4 Å². The van der Waals surface area contributed by atoms with E-state index in [0.717, 1.165) is 44.4 Å². The highest BCUT2D eigenvalue weighted by atomic mass is 16.3. The Kier molecular flexibility index (Phi) is 3.33. The molecule has 2 unspecified atom stereocenters. The zero-order valence-corrected chi connectivity index (χ0v) is 11.6. The third-order valence-electron chi connectivity index (χ3n) is 5.26. The average molecular weight is 240 g/mol. The summed E-state index contributed by atoms with van der Waals surface area (Å²) in [5.41, 5.74) is -0.515. The van der Waals surface area contributed by atoms with Gasteiger partial charge in [0.25, 0.3) is 0 Å². The fourth-order valence-corrected chi connectivity index (χ4v) is 4.40. The van der Waals surface area contributed by atoms with Crippen LogP contribution in [0.5, 0.6) is 0 Å². The number of hydrogen-bond donors (Lipinski definition) is 2.